The lowest BCUT2D eigenvalue weighted by atomic mass is 10.3. The van der Waals surface area contributed by atoms with E-state index in [2.05, 4.69) is 0 Å². The van der Waals surface area contributed by atoms with E-state index in [-0.39, 0.29) is 6.29 Å². The molecule has 0 aliphatic rings. The summed E-state index contributed by atoms with van der Waals surface area (Å²) in [6.07, 6.45) is -0.359. The van der Waals surface area contributed by atoms with Crippen LogP contribution in [0.15, 0.2) is 24.3 Å². The molecule has 20 heavy (non-hydrogen) atoms. The van der Waals surface area contributed by atoms with Gasteiger partial charge in [-0.3, -0.25) is 0 Å². The third-order valence-electron chi connectivity index (χ3n) is 2.52. The van der Waals surface area contributed by atoms with Crippen molar-refractivity contribution in [3.05, 3.63) is 24.3 Å². The molecule has 0 saturated carbocycles. The fourth-order valence-electron chi connectivity index (χ4n) is 1.57. The largest absolute Gasteiger partial charge is 0.493 e. The number of hydrogen-bond donors (Lipinski definition) is 0. The van der Waals surface area contributed by atoms with Crippen LogP contribution in [0.1, 0.15) is 13.8 Å². The molecule has 0 bridgehead atoms. The van der Waals surface area contributed by atoms with E-state index in [0.29, 0.717) is 44.5 Å². The molecular formula is C15H24O5. The van der Waals surface area contributed by atoms with Crippen LogP contribution in [-0.4, -0.2) is 46.4 Å². The number of rotatable bonds is 11. The molecule has 1 aromatic rings. The lowest BCUT2D eigenvalue weighted by molar-refractivity contribution is -0.0866. The first-order valence-corrected chi connectivity index (χ1v) is 6.84. The van der Waals surface area contributed by atoms with Crippen molar-refractivity contribution in [2.24, 2.45) is 0 Å². The minimum Gasteiger partial charge on any atom is -0.493 e. The Bertz CT molecular complexity index is 356. The van der Waals surface area contributed by atoms with Crippen molar-refractivity contribution in [2.45, 2.75) is 20.1 Å². The molecular weight excluding hydrogens is 260 g/mol. The van der Waals surface area contributed by atoms with Crippen LogP contribution in [0.5, 0.6) is 11.5 Å². The second kappa shape index (κ2) is 10.5. The monoisotopic (exact) mass is 284 g/mol. The second-order valence-corrected chi connectivity index (χ2v) is 4.02. The van der Waals surface area contributed by atoms with Crippen molar-refractivity contribution in [3.63, 3.8) is 0 Å². The van der Waals surface area contributed by atoms with Gasteiger partial charge in [-0.25, -0.2) is 0 Å². The Hall–Kier alpha value is -1.30. The molecule has 0 aromatic heterocycles. The molecule has 5 nitrogen and oxygen atoms in total. The Balaban J connectivity index is 2.15. The van der Waals surface area contributed by atoms with Gasteiger partial charge in [0.05, 0.1) is 33.5 Å². The summed E-state index contributed by atoms with van der Waals surface area (Å²) in [4.78, 5) is 0. The van der Waals surface area contributed by atoms with Crippen LogP contribution in [-0.2, 0) is 14.2 Å². The van der Waals surface area contributed by atoms with Gasteiger partial charge in [-0.05, 0) is 26.0 Å². The molecule has 1 aromatic carbocycles. The summed E-state index contributed by atoms with van der Waals surface area (Å²) in [6.45, 7) is 6.70. The van der Waals surface area contributed by atoms with Gasteiger partial charge in [0.2, 0.25) is 0 Å². The first kappa shape index (κ1) is 16.8. The summed E-state index contributed by atoms with van der Waals surface area (Å²) in [5, 5.41) is 0. The van der Waals surface area contributed by atoms with Gasteiger partial charge < -0.3 is 23.7 Å². The summed E-state index contributed by atoms with van der Waals surface area (Å²) in [6, 6.07) is 7.47. The van der Waals surface area contributed by atoms with E-state index in [1.807, 2.05) is 38.1 Å². The Labute approximate surface area is 120 Å². The van der Waals surface area contributed by atoms with Crippen molar-refractivity contribution >= 4 is 0 Å². The molecule has 0 radical (unpaired) electrons. The molecule has 1 atom stereocenters. The maximum Gasteiger partial charge on any atom is 0.197 e. The lowest BCUT2D eigenvalue weighted by Gasteiger charge is -2.17. The average molecular weight is 284 g/mol. The van der Waals surface area contributed by atoms with Crippen molar-refractivity contribution in [1.82, 2.24) is 0 Å². The topological polar surface area (TPSA) is 46.2 Å². The maximum absolute atomic E-state index is 5.65. The molecule has 0 heterocycles. The van der Waals surface area contributed by atoms with Gasteiger partial charge in [0.15, 0.2) is 17.8 Å². The van der Waals surface area contributed by atoms with Crippen molar-refractivity contribution in [1.29, 1.82) is 0 Å². The van der Waals surface area contributed by atoms with Gasteiger partial charge in [0, 0.05) is 6.61 Å². The minimum absolute atomic E-state index is 0.359. The number of hydrogen-bond acceptors (Lipinski definition) is 5. The van der Waals surface area contributed by atoms with Gasteiger partial charge in [0.1, 0.15) is 0 Å². The molecule has 0 saturated heterocycles. The molecule has 0 amide bonds. The smallest absolute Gasteiger partial charge is 0.197 e. The zero-order valence-electron chi connectivity index (χ0n) is 12.5. The van der Waals surface area contributed by atoms with Gasteiger partial charge in [-0.15, -0.1) is 0 Å². The average Bonchev–Trinajstić information content (AvgIpc) is 2.47. The molecule has 0 fully saturated rings. The third kappa shape index (κ3) is 6.75. The summed E-state index contributed by atoms with van der Waals surface area (Å²) in [7, 11) is 1.61. The molecule has 0 N–H and O–H groups in total. The maximum atomic E-state index is 5.65. The highest BCUT2D eigenvalue weighted by Gasteiger charge is 2.08. The van der Waals surface area contributed by atoms with E-state index < -0.39 is 0 Å². The first-order chi connectivity index (χ1) is 9.77. The van der Waals surface area contributed by atoms with Crippen LogP contribution in [0, 0.1) is 0 Å². The zero-order valence-corrected chi connectivity index (χ0v) is 12.5. The Morgan fingerprint density at radius 2 is 1.60 bits per heavy atom. The van der Waals surface area contributed by atoms with Crippen LogP contribution in [0.4, 0.5) is 0 Å². The molecule has 1 rings (SSSR count). The normalized spacial score (nSPS) is 12.2. The molecule has 0 aliphatic carbocycles. The van der Waals surface area contributed by atoms with E-state index in [0.717, 1.165) is 0 Å². The number of para-hydroxylation sites is 2. The third-order valence-corrected chi connectivity index (χ3v) is 2.52. The Kier molecular flexibility index (Phi) is 8.78. The predicted molar refractivity (Wildman–Crippen MR) is 76.3 cm³/mol. The van der Waals surface area contributed by atoms with Gasteiger partial charge in [-0.1, -0.05) is 12.1 Å². The van der Waals surface area contributed by atoms with E-state index in [1.165, 1.54) is 0 Å². The highest BCUT2D eigenvalue weighted by atomic mass is 16.7. The first-order valence-electron chi connectivity index (χ1n) is 6.84. The van der Waals surface area contributed by atoms with Crippen molar-refractivity contribution in [3.8, 4) is 11.5 Å². The van der Waals surface area contributed by atoms with Crippen LogP contribution in [0.25, 0.3) is 0 Å². The van der Waals surface area contributed by atoms with Gasteiger partial charge >= 0.3 is 0 Å². The molecule has 0 unspecified atom stereocenters. The molecule has 0 aliphatic heterocycles. The van der Waals surface area contributed by atoms with Crippen LogP contribution in [0.3, 0.4) is 0 Å². The minimum atomic E-state index is -0.359. The van der Waals surface area contributed by atoms with E-state index in [1.54, 1.807) is 7.11 Å². The van der Waals surface area contributed by atoms with Gasteiger partial charge in [0.25, 0.3) is 0 Å². The standard InChI is InChI=1S/C15H24O5/c1-4-17-9-10-18-11-12-19-13(2)20-15-8-6-5-7-14(15)16-3/h5-8,13H,4,9-12H2,1-3H3/t13-/m1/s1. The lowest BCUT2D eigenvalue weighted by Crippen LogP contribution is -2.20. The van der Waals surface area contributed by atoms with Crippen molar-refractivity contribution in [2.75, 3.05) is 40.1 Å². The van der Waals surface area contributed by atoms with E-state index in [9.17, 15) is 0 Å². The fourth-order valence-corrected chi connectivity index (χ4v) is 1.57. The van der Waals surface area contributed by atoms with E-state index in [4.69, 9.17) is 23.7 Å². The molecule has 0 spiro atoms. The fraction of sp³-hybridized carbons (Fsp3) is 0.600. The highest BCUT2D eigenvalue weighted by molar-refractivity contribution is 5.39. The SMILES string of the molecule is CCOCCOCCO[C@@H](C)Oc1ccccc1OC. The predicted octanol–water partition coefficient (Wildman–Crippen LogP) is 2.49. The summed E-state index contributed by atoms with van der Waals surface area (Å²) < 4.78 is 26.9. The van der Waals surface area contributed by atoms with Crippen LogP contribution >= 0.6 is 0 Å². The number of ether oxygens (including phenoxy) is 5. The van der Waals surface area contributed by atoms with Crippen LogP contribution < -0.4 is 9.47 Å². The molecule has 114 valence electrons. The second-order valence-electron chi connectivity index (χ2n) is 4.02. The van der Waals surface area contributed by atoms with Gasteiger partial charge in [-0.2, -0.15) is 0 Å². The quantitative estimate of drug-likeness (QED) is 0.461. The van der Waals surface area contributed by atoms with Crippen molar-refractivity contribution < 1.29 is 23.7 Å². The Morgan fingerprint density at radius 3 is 2.30 bits per heavy atom. The molecule has 5 heteroatoms. The number of benzene rings is 1. The Morgan fingerprint density at radius 1 is 0.950 bits per heavy atom. The highest BCUT2D eigenvalue weighted by Crippen LogP contribution is 2.26. The van der Waals surface area contributed by atoms with E-state index >= 15 is 0 Å². The zero-order chi connectivity index (χ0) is 14.6. The van der Waals surface area contributed by atoms with Crippen LogP contribution in [0.2, 0.25) is 0 Å². The summed E-state index contributed by atoms with van der Waals surface area (Å²) in [5.74, 6) is 1.36. The summed E-state index contributed by atoms with van der Waals surface area (Å²) in [5.41, 5.74) is 0. The summed E-state index contributed by atoms with van der Waals surface area (Å²) >= 11 is 0. The number of methoxy groups -OCH3 is 1.